The van der Waals surface area contributed by atoms with Gasteiger partial charge in [0.1, 0.15) is 5.69 Å². The van der Waals surface area contributed by atoms with Crippen molar-refractivity contribution < 1.29 is 9.59 Å². The van der Waals surface area contributed by atoms with Gasteiger partial charge >= 0.3 is 0 Å². The number of carbonyl (C=O) groups is 2. The lowest BCUT2D eigenvalue weighted by Crippen LogP contribution is -2.32. The smallest absolute Gasteiger partial charge is 0.270 e. The summed E-state index contributed by atoms with van der Waals surface area (Å²) >= 11 is 11.8. The molecule has 0 aliphatic heterocycles. The third-order valence-corrected chi connectivity index (χ3v) is 4.16. The van der Waals surface area contributed by atoms with E-state index in [1.807, 2.05) is 13.8 Å². The van der Waals surface area contributed by atoms with E-state index in [2.05, 4.69) is 15.6 Å². The second-order valence-corrected chi connectivity index (χ2v) is 6.11. The van der Waals surface area contributed by atoms with Crippen molar-refractivity contribution in [2.45, 2.75) is 26.3 Å². The van der Waals surface area contributed by atoms with Crippen molar-refractivity contribution in [1.82, 2.24) is 10.3 Å². The maximum atomic E-state index is 12.3. The average molecular weight is 366 g/mol. The number of hydrogen-bond donors (Lipinski definition) is 2. The summed E-state index contributed by atoms with van der Waals surface area (Å²) in [6.07, 6.45) is 2.23. The van der Waals surface area contributed by atoms with E-state index in [0.29, 0.717) is 21.3 Å². The Labute approximate surface area is 150 Å². The molecule has 2 N–H and O–H groups in total. The lowest BCUT2D eigenvalue weighted by atomic mass is 10.2. The summed E-state index contributed by atoms with van der Waals surface area (Å²) in [5.74, 6) is -0.679. The Balaban J connectivity index is 2.13. The van der Waals surface area contributed by atoms with E-state index in [1.165, 1.54) is 18.3 Å². The molecule has 5 nitrogen and oxygen atoms in total. The number of halogens is 2. The highest BCUT2D eigenvalue weighted by atomic mass is 35.5. The minimum atomic E-state index is -0.367. The quantitative estimate of drug-likeness (QED) is 0.834. The van der Waals surface area contributed by atoms with Crippen molar-refractivity contribution in [1.29, 1.82) is 0 Å². The van der Waals surface area contributed by atoms with Crippen LogP contribution in [-0.2, 0) is 0 Å². The molecule has 0 aliphatic carbocycles. The zero-order chi connectivity index (χ0) is 17.7. The molecule has 24 heavy (non-hydrogen) atoms. The highest BCUT2D eigenvalue weighted by molar-refractivity contribution is 6.42. The third kappa shape index (κ3) is 4.69. The van der Waals surface area contributed by atoms with Crippen LogP contribution in [0.1, 0.15) is 41.1 Å². The number of rotatable bonds is 5. The topological polar surface area (TPSA) is 71.1 Å². The van der Waals surface area contributed by atoms with Gasteiger partial charge in [-0.3, -0.25) is 14.6 Å². The number of benzene rings is 1. The van der Waals surface area contributed by atoms with E-state index in [-0.39, 0.29) is 23.6 Å². The van der Waals surface area contributed by atoms with Crippen LogP contribution in [-0.4, -0.2) is 22.8 Å². The summed E-state index contributed by atoms with van der Waals surface area (Å²) in [6.45, 7) is 3.87. The van der Waals surface area contributed by atoms with Crippen molar-refractivity contribution in [2.75, 3.05) is 5.32 Å². The number of nitrogens with zero attached hydrogens (tertiary/aromatic N) is 1. The monoisotopic (exact) mass is 365 g/mol. The molecule has 0 saturated carbocycles. The molecule has 1 unspecified atom stereocenters. The Morgan fingerprint density at radius 1 is 1.12 bits per heavy atom. The van der Waals surface area contributed by atoms with Crippen LogP contribution in [0.2, 0.25) is 10.0 Å². The van der Waals surface area contributed by atoms with Crippen LogP contribution in [0.4, 0.5) is 5.69 Å². The summed E-state index contributed by atoms with van der Waals surface area (Å²) in [6, 6.07) is 7.81. The van der Waals surface area contributed by atoms with Gasteiger partial charge in [0, 0.05) is 23.5 Å². The van der Waals surface area contributed by atoms with E-state index in [0.717, 1.165) is 6.42 Å². The third-order valence-electron chi connectivity index (χ3n) is 3.42. The number of hydrogen-bond acceptors (Lipinski definition) is 3. The second kappa shape index (κ2) is 8.13. The van der Waals surface area contributed by atoms with Crippen LogP contribution in [0.15, 0.2) is 36.5 Å². The molecule has 2 amide bonds. The molecule has 0 radical (unpaired) electrons. The predicted octanol–water partition coefficient (Wildman–Crippen LogP) is 4.17. The van der Waals surface area contributed by atoms with Gasteiger partial charge in [-0.15, -0.1) is 0 Å². The minimum Gasteiger partial charge on any atom is -0.348 e. The van der Waals surface area contributed by atoms with Gasteiger partial charge in [-0.05, 0) is 43.7 Å². The fourth-order valence-electron chi connectivity index (χ4n) is 1.87. The highest BCUT2D eigenvalue weighted by Gasteiger charge is 2.14. The van der Waals surface area contributed by atoms with E-state index >= 15 is 0 Å². The van der Waals surface area contributed by atoms with Crippen molar-refractivity contribution in [3.63, 3.8) is 0 Å². The standard InChI is InChI=1S/C17H17Cl2N3O2/c1-3-10(2)21-17(24)15-8-11(6-7-20-15)16(23)22-12-4-5-13(18)14(19)9-12/h4-10H,3H2,1-2H3,(H,21,24)(H,22,23). The summed E-state index contributed by atoms with van der Waals surface area (Å²) in [7, 11) is 0. The van der Waals surface area contributed by atoms with Crippen LogP contribution in [0.3, 0.4) is 0 Å². The summed E-state index contributed by atoms with van der Waals surface area (Å²) in [5.41, 5.74) is 1.03. The largest absolute Gasteiger partial charge is 0.348 e. The fraction of sp³-hybridized carbons (Fsp3) is 0.235. The number of nitrogens with one attached hydrogen (secondary N) is 2. The zero-order valence-corrected chi connectivity index (χ0v) is 14.8. The van der Waals surface area contributed by atoms with Crippen molar-refractivity contribution in [3.05, 3.63) is 57.8 Å². The molecule has 1 atom stereocenters. The van der Waals surface area contributed by atoms with Crippen LogP contribution < -0.4 is 10.6 Å². The molecule has 2 aromatic rings. The summed E-state index contributed by atoms with van der Waals surface area (Å²) in [4.78, 5) is 28.4. The maximum Gasteiger partial charge on any atom is 0.270 e. The number of anilines is 1. The Morgan fingerprint density at radius 2 is 1.88 bits per heavy atom. The summed E-state index contributed by atoms with van der Waals surface area (Å²) in [5, 5.41) is 6.26. The first-order valence-electron chi connectivity index (χ1n) is 7.44. The van der Waals surface area contributed by atoms with Gasteiger partial charge in [-0.2, -0.15) is 0 Å². The van der Waals surface area contributed by atoms with Gasteiger partial charge in [-0.1, -0.05) is 30.1 Å². The van der Waals surface area contributed by atoms with Crippen molar-refractivity contribution in [2.24, 2.45) is 0 Å². The molecule has 0 saturated heterocycles. The zero-order valence-electron chi connectivity index (χ0n) is 13.3. The molecule has 1 heterocycles. The molecular formula is C17H17Cl2N3O2. The molecule has 0 bridgehead atoms. The summed E-state index contributed by atoms with van der Waals surface area (Å²) < 4.78 is 0. The molecule has 2 rings (SSSR count). The molecule has 7 heteroatoms. The number of carbonyl (C=O) groups excluding carboxylic acids is 2. The average Bonchev–Trinajstić information content (AvgIpc) is 2.58. The van der Waals surface area contributed by atoms with Crippen molar-refractivity contribution >= 4 is 40.7 Å². The number of aromatic nitrogens is 1. The Bertz CT molecular complexity index is 765. The van der Waals surface area contributed by atoms with Crippen LogP contribution in [0, 0.1) is 0 Å². The molecular weight excluding hydrogens is 349 g/mol. The molecule has 1 aromatic heterocycles. The first-order valence-corrected chi connectivity index (χ1v) is 8.19. The van der Waals surface area contributed by atoms with E-state index in [1.54, 1.807) is 18.2 Å². The maximum absolute atomic E-state index is 12.3. The minimum absolute atomic E-state index is 0.0352. The van der Waals surface area contributed by atoms with Gasteiger partial charge < -0.3 is 10.6 Å². The predicted molar refractivity (Wildman–Crippen MR) is 95.9 cm³/mol. The van der Waals surface area contributed by atoms with Crippen molar-refractivity contribution in [3.8, 4) is 0 Å². The molecule has 0 aliphatic rings. The number of pyridine rings is 1. The van der Waals surface area contributed by atoms with E-state index in [9.17, 15) is 9.59 Å². The van der Waals surface area contributed by atoms with Gasteiger partial charge in [0.15, 0.2) is 0 Å². The van der Waals surface area contributed by atoms with Gasteiger partial charge in [0.25, 0.3) is 11.8 Å². The molecule has 1 aromatic carbocycles. The lowest BCUT2D eigenvalue weighted by molar-refractivity contribution is 0.0934. The Kier molecular flexibility index (Phi) is 6.17. The normalized spacial score (nSPS) is 11.7. The molecule has 0 spiro atoms. The Morgan fingerprint density at radius 3 is 2.54 bits per heavy atom. The Hall–Kier alpha value is -2.11. The lowest BCUT2D eigenvalue weighted by Gasteiger charge is -2.11. The first kappa shape index (κ1) is 18.2. The van der Waals surface area contributed by atoms with Gasteiger partial charge in [-0.25, -0.2) is 0 Å². The SMILES string of the molecule is CCC(C)NC(=O)c1cc(C(=O)Nc2ccc(Cl)c(Cl)c2)ccn1. The van der Waals surface area contributed by atoms with E-state index in [4.69, 9.17) is 23.2 Å². The van der Waals surface area contributed by atoms with Gasteiger partial charge in [0.05, 0.1) is 10.0 Å². The molecule has 0 fully saturated rings. The first-order chi connectivity index (χ1) is 11.4. The number of amides is 2. The van der Waals surface area contributed by atoms with Crippen LogP contribution in [0.5, 0.6) is 0 Å². The van der Waals surface area contributed by atoms with E-state index < -0.39 is 0 Å². The highest BCUT2D eigenvalue weighted by Crippen LogP contribution is 2.25. The van der Waals surface area contributed by atoms with Crippen LogP contribution >= 0.6 is 23.2 Å². The molecule has 126 valence electrons. The fourth-order valence-corrected chi connectivity index (χ4v) is 2.17. The second-order valence-electron chi connectivity index (χ2n) is 5.30. The van der Waals surface area contributed by atoms with Crippen LogP contribution in [0.25, 0.3) is 0 Å². The van der Waals surface area contributed by atoms with Gasteiger partial charge in [0.2, 0.25) is 0 Å².